The molecule has 0 aliphatic heterocycles. The Morgan fingerprint density at radius 3 is 2.81 bits per heavy atom. The summed E-state index contributed by atoms with van der Waals surface area (Å²) in [6.45, 7) is 3.58. The molecule has 1 aliphatic carbocycles. The van der Waals surface area contributed by atoms with Crippen LogP contribution in [0.3, 0.4) is 0 Å². The highest BCUT2D eigenvalue weighted by molar-refractivity contribution is 6.31. The first-order valence-electron chi connectivity index (χ1n) is 7.48. The Hall–Kier alpha value is -1.26. The van der Waals surface area contributed by atoms with E-state index in [4.69, 9.17) is 11.6 Å². The van der Waals surface area contributed by atoms with Crippen LogP contribution in [-0.4, -0.2) is 42.2 Å². The number of carbonyl (C=O) groups excluding carboxylic acids is 1. The molecule has 1 aromatic rings. The molecule has 116 valence electrons. The lowest BCUT2D eigenvalue weighted by molar-refractivity contribution is 0.0265. The van der Waals surface area contributed by atoms with E-state index in [1.165, 1.54) is 0 Å². The fourth-order valence-electron chi connectivity index (χ4n) is 2.63. The molecule has 0 radical (unpaired) electrons. The molecule has 1 amide bonds. The Morgan fingerprint density at radius 1 is 1.48 bits per heavy atom. The minimum absolute atomic E-state index is 0.0301. The highest BCUT2D eigenvalue weighted by atomic mass is 35.5. The van der Waals surface area contributed by atoms with Crippen LogP contribution in [0.15, 0.2) is 18.2 Å². The summed E-state index contributed by atoms with van der Waals surface area (Å²) in [6.07, 6.45) is 2.38. The normalized spacial score (nSPS) is 20.8. The number of anilines is 1. The number of halogens is 1. The van der Waals surface area contributed by atoms with Crippen molar-refractivity contribution in [2.24, 2.45) is 5.92 Å². The molecule has 21 heavy (non-hydrogen) atoms. The van der Waals surface area contributed by atoms with Gasteiger partial charge in [0.15, 0.2) is 0 Å². The molecular weight excluding hydrogens is 288 g/mol. The van der Waals surface area contributed by atoms with Gasteiger partial charge < -0.3 is 15.3 Å². The van der Waals surface area contributed by atoms with Gasteiger partial charge in [-0.25, -0.2) is 0 Å². The van der Waals surface area contributed by atoms with Gasteiger partial charge in [0, 0.05) is 30.8 Å². The molecule has 0 bridgehead atoms. The van der Waals surface area contributed by atoms with Gasteiger partial charge in [0.05, 0.1) is 11.7 Å². The Bertz CT molecular complexity index is 501. The van der Waals surface area contributed by atoms with Crippen LogP contribution in [0.2, 0.25) is 5.02 Å². The fourth-order valence-corrected chi connectivity index (χ4v) is 2.80. The number of nitrogens with one attached hydrogen (secondary N) is 1. The van der Waals surface area contributed by atoms with Crippen molar-refractivity contribution in [1.29, 1.82) is 0 Å². The van der Waals surface area contributed by atoms with E-state index in [0.29, 0.717) is 23.0 Å². The van der Waals surface area contributed by atoms with Gasteiger partial charge in [0.25, 0.3) is 5.91 Å². The Morgan fingerprint density at radius 2 is 2.19 bits per heavy atom. The molecule has 2 N–H and O–H groups in total. The molecule has 1 aliphatic rings. The third-order valence-electron chi connectivity index (χ3n) is 3.87. The van der Waals surface area contributed by atoms with Crippen LogP contribution in [0.4, 0.5) is 5.69 Å². The smallest absolute Gasteiger partial charge is 0.255 e. The largest absolute Gasteiger partial charge is 0.393 e. The van der Waals surface area contributed by atoms with Gasteiger partial charge in [-0.05, 0) is 43.4 Å². The maximum Gasteiger partial charge on any atom is 0.255 e. The number of benzene rings is 1. The molecule has 1 saturated carbocycles. The number of aliphatic hydroxyl groups excluding tert-OH is 1. The number of hydrogen-bond donors (Lipinski definition) is 2. The van der Waals surface area contributed by atoms with Gasteiger partial charge in [0.2, 0.25) is 0 Å². The van der Waals surface area contributed by atoms with Crippen molar-refractivity contribution in [3.8, 4) is 0 Å². The van der Waals surface area contributed by atoms with Gasteiger partial charge >= 0.3 is 0 Å². The van der Waals surface area contributed by atoms with Crippen LogP contribution in [0, 0.1) is 5.92 Å². The second-order valence-electron chi connectivity index (χ2n) is 5.79. The van der Waals surface area contributed by atoms with Crippen molar-refractivity contribution in [2.45, 2.75) is 32.3 Å². The van der Waals surface area contributed by atoms with Crippen LogP contribution < -0.4 is 5.32 Å². The summed E-state index contributed by atoms with van der Waals surface area (Å²) in [5, 5.41) is 13.2. The van der Waals surface area contributed by atoms with Crippen molar-refractivity contribution in [2.75, 3.05) is 25.5 Å². The number of amides is 1. The Labute approximate surface area is 131 Å². The SMILES string of the molecule is CCCNc1ccc(Cl)cc1C(=O)N(C)CC1CC(O)C1. The lowest BCUT2D eigenvalue weighted by atomic mass is 9.82. The quantitative estimate of drug-likeness (QED) is 0.849. The van der Waals surface area contributed by atoms with Crippen LogP contribution >= 0.6 is 11.6 Å². The van der Waals surface area contributed by atoms with E-state index in [0.717, 1.165) is 31.5 Å². The maximum atomic E-state index is 12.6. The third-order valence-corrected chi connectivity index (χ3v) is 4.10. The molecule has 0 aromatic heterocycles. The summed E-state index contributed by atoms with van der Waals surface area (Å²) in [5.41, 5.74) is 1.44. The second-order valence-corrected chi connectivity index (χ2v) is 6.23. The highest BCUT2D eigenvalue weighted by Crippen LogP contribution is 2.29. The fraction of sp³-hybridized carbons (Fsp3) is 0.562. The predicted octanol–water partition coefficient (Wildman–Crippen LogP) is 3.00. The van der Waals surface area contributed by atoms with E-state index < -0.39 is 0 Å². The molecule has 0 atom stereocenters. The standard InChI is InChI=1S/C16H23ClN2O2/c1-3-6-18-15-5-4-12(17)9-14(15)16(21)19(2)10-11-7-13(20)8-11/h4-5,9,11,13,18,20H,3,6-8,10H2,1-2H3. The van der Waals surface area contributed by atoms with Crippen molar-refractivity contribution in [3.63, 3.8) is 0 Å². The third kappa shape index (κ3) is 4.11. The Kier molecular flexibility index (Phi) is 5.48. The summed E-state index contributed by atoms with van der Waals surface area (Å²) in [4.78, 5) is 14.3. The van der Waals surface area contributed by atoms with E-state index >= 15 is 0 Å². The van der Waals surface area contributed by atoms with Crippen molar-refractivity contribution in [1.82, 2.24) is 4.90 Å². The molecule has 0 unspecified atom stereocenters. The van der Waals surface area contributed by atoms with Crippen LogP contribution in [0.1, 0.15) is 36.5 Å². The molecule has 5 heteroatoms. The first-order chi connectivity index (χ1) is 10.0. The van der Waals surface area contributed by atoms with Crippen molar-refractivity contribution < 1.29 is 9.90 Å². The second kappa shape index (κ2) is 7.14. The lowest BCUT2D eigenvalue weighted by Gasteiger charge is -2.34. The Balaban J connectivity index is 2.07. The van der Waals surface area contributed by atoms with E-state index in [9.17, 15) is 9.90 Å². The average molecular weight is 311 g/mol. The number of nitrogens with zero attached hydrogens (tertiary/aromatic N) is 1. The molecule has 0 heterocycles. The molecule has 4 nitrogen and oxygen atoms in total. The first-order valence-corrected chi connectivity index (χ1v) is 7.86. The zero-order valence-corrected chi connectivity index (χ0v) is 13.4. The molecule has 2 rings (SSSR count). The van der Waals surface area contributed by atoms with Crippen molar-refractivity contribution in [3.05, 3.63) is 28.8 Å². The molecule has 1 aromatic carbocycles. The minimum Gasteiger partial charge on any atom is -0.393 e. The number of hydrogen-bond acceptors (Lipinski definition) is 3. The van der Waals surface area contributed by atoms with Crippen LogP contribution in [0.5, 0.6) is 0 Å². The van der Waals surface area contributed by atoms with E-state index in [1.54, 1.807) is 24.1 Å². The number of rotatable bonds is 6. The summed E-state index contributed by atoms with van der Waals surface area (Å²) >= 11 is 6.03. The van der Waals surface area contributed by atoms with E-state index in [-0.39, 0.29) is 12.0 Å². The number of aliphatic hydroxyl groups is 1. The molecule has 1 fully saturated rings. The zero-order chi connectivity index (χ0) is 15.4. The summed E-state index contributed by atoms with van der Waals surface area (Å²) in [6, 6.07) is 5.36. The monoisotopic (exact) mass is 310 g/mol. The topological polar surface area (TPSA) is 52.6 Å². The van der Waals surface area contributed by atoms with Gasteiger partial charge in [-0.3, -0.25) is 4.79 Å². The van der Waals surface area contributed by atoms with E-state index in [2.05, 4.69) is 12.2 Å². The average Bonchev–Trinajstić information content (AvgIpc) is 2.43. The summed E-state index contributed by atoms with van der Waals surface area (Å²) in [7, 11) is 1.80. The van der Waals surface area contributed by atoms with Gasteiger partial charge in [-0.15, -0.1) is 0 Å². The van der Waals surface area contributed by atoms with Crippen LogP contribution in [-0.2, 0) is 0 Å². The highest BCUT2D eigenvalue weighted by Gasteiger charge is 2.29. The maximum absolute atomic E-state index is 12.6. The molecule has 0 saturated heterocycles. The number of carbonyl (C=O) groups is 1. The van der Waals surface area contributed by atoms with Crippen molar-refractivity contribution >= 4 is 23.2 Å². The minimum atomic E-state index is -0.188. The first kappa shape index (κ1) is 16.1. The van der Waals surface area contributed by atoms with Gasteiger partial charge in [-0.2, -0.15) is 0 Å². The summed E-state index contributed by atoms with van der Waals surface area (Å²) < 4.78 is 0. The molecular formula is C16H23ClN2O2. The van der Waals surface area contributed by atoms with Gasteiger partial charge in [0.1, 0.15) is 0 Å². The zero-order valence-electron chi connectivity index (χ0n) is 12.6. The van der Waals surface area contributed by atoms with E-state index in [1.807, 2.05) is 6.07 Å². The molecule has 0 spiro atoms. The predicted molar refractivity (Wildman–Crippen MR) is 85.9 cm³/mol. The lowest BCUT2D eigenvalue weighted by Crippen LogP contribution is -2.39. The summed E-state index contributed by atoms with van der Waals surface area (Å²) in [5.74, 6) is 0.373. The van der Waals surface area contributed by atoms with Crippen LogP contribution in [0.25, 0.3) is 0 Å². The van der Waals surface area contributed by atoms with Gasteiger partial charge in [-0.1, -0.05) is 18.5 Å².